The molecule has 0 aromatic carbocycles. The van der Waals surface area contributed by atoms with Gasteiger partial charge in [0.15, 0.2) is 0 Å². The molecule has 0 aliphatic rings. The van der Waals surface area contributed by atoms with E-state index >= 15 is 0 Å². The molecule has 0 aliphatic heterocycles. The summed E-state index contributed by atoms with van der Waals surface area (Å²) in [7, 11) is 1.61. The van der Waals surface area contributed by atoms with Crippen LogP contribution in [0.2, 0.25) is 0 Å². The molecule has 0 bridgehead atoms. The predicted octanol–water partition coefficient (Wildman–Crippen LogP) is 1.65. The zero-order chi connectivity index (χ0) is 14.7. The van der Waals surface area contributed by atoms with Crippen LogP contribution in [0.3, 0.4) is 0 Å². The third-order valence-electron chi connectivity index (χ3n) is 2.26. The molecule has 0 unspecified atom stereocenters. The molecule has 1 aromatic rings. The molecule has 0 atom stereocenters. The summed E-state index contributed by atoms with van der Waals surface area (Å²) in [5.74, 6) is 0.637. The van der Waals surface area contributed by atoms with Crippen LogP contribution in [-0.4, -0.2) is 31.1 Å². The lowest BCUT2D eigenvalue weighted by molar-refractivity contribution is -0.118. The summed E-state index contributed by atoms with van der Waals surface area (Å²) in [6, 6.07) is 3.94. The van der Waals surface area contributed by atoms with Gasteiger partial charge < -0.3 is 15.4 Å². The maximum atomic E-state index is 10.6. The number of ether oxygens (including phenoxy) is 1. The second-order valence-corrected chi connectivity index (χ2v) is 3.78. The van der Waals surface area contributed by atoms with Gasteiger partial charge in [0.1, 0.15) is 0 Å². The number of nitrogens with zero attached hydrogens (tertiary/aromatic N) is 1. The molecule has 0 aliphatic carbocycles. The van der Waals surface area contributed by atoms with E-state index in [4.69, 9.17) is 4.74 Å². The first-order chi connectivity index (χ1) is 9.13. The Morgan fingerprint density at radius 3 is 2.58 bits per heavy atom. The maximum Gasteiger partial charge on any atom is 0.217 e. The van der Waals surface area contributed by atoms with Crippen molar-refractivity contribution in [2.24, 2.45) is 0 Å². The van der Waals surface area contributed by atoms with Gasteiger partial charge in [-0.05, 0) is 13.0 Å². The van der Waals surface area contributed by atoms with Gasteiger partial charge in [0.25, 0.3) is 0 Å². The lowest BCUT2D eigenvalue weighted by Gasteiger charge is -2.09. The highest BCUT2D eigenvalue weighted by molar-refractivity contribution is 5.72. The fourth-order valence-corrected chi connectivity index (χ4v) is 1.42. The molecule has 0 fully saturated rings. The first kappa shape index (κ1) is 17.4. The van der Waals surface area contributed by atoms with Gasteiger partial charge in [-0.1, -0.05) is 19.9 Å². The molecule has 19 heavy (non-hydrogen) atoms. The number of carbonyl (C=O) groups is 1. The van der Waals surface area contributed by atoms with Crippen LogP contribution in [0.4, 0.5) is 0 Å². The number of nitrogens with one attached hydrogen (secondary N) is 2. The number of aromatic nitrogens is 1. The highest BCUT2D eigenvalue weighted by Gasteiger charge is 2.03. The van der Waals surface area contributed by atoms with Crippen molar-refractivity contribution < 1.29 is 9.53 Å². The Kier molecular flexibility index (Phi) is 9.44. The van der Waals surface area contributed by atoms with E-state index in [2.05, 4.69) is 15.6 Å². The van der Waals surface area contributed by atoms with Crippen molar-refractivity contribution in [3.63, 3.8) is 0 Å². The largest absolute Gasteiger partial charge is 0.481 e. The molecule has 0 spiro atoms. The standard InChI is InChI=1S/C12H19N3O2.C2H6/c1-9-4-5-11(12(15-9)17-3)8-13-6-7-14-10(2)16;1-2/h4-5,13H,6-8H2,1-3H3,(H,14,16);1-2H3. The minimum absolute atomic E-state index is 0.0126. The first-order valence-corrected chi connectivity index (χ1v) is 6.59. The molecular formula is C14H25N3O2. The molecule has 1 aromatic heterocycles. The van der Waals surface area contributed by atoms with Crippen LogP contribution in [0.25, 0.3) is 0 Å². The Bertz CT molecular complexity index is 381. The van der Waals surface area contributed by atoms with Gasteiger partial charge in [-0.2, -0.15) is 0 Å². The van der Waals surface area contributed by atoms with Crippen LogP contribution in [0, 0.1) is 6.92 Å². The van der Waals surface area contributed by atoms with Crippen molar-refractivity contribution in [1.29, 1.82) is 0 Å². The van der Waals surface area contributed by atoms with Crippen LogP contribution in [-0.2, 0) is 11.3 Å². The highest BCUT2D eigenvalue weighted by Crippen LogP contribution is 2.14. The van der Waals surface area contributed by atoms with Crippen molar-refractivity contribution in [3.8, 4) is 5.88 Å². The summed E-state index contributed by atoms with van der Waals surface area (Å²) in [5.41, 5.74) is 1.95. The van der Waals surface area contributed by atoms with Crippen LogP contribution < -0.4 is 15.4 Å². The van der Waals surface area contributed by atoms with E-state index in [9.17, 15) is 4.79 Å². The topological polar surface area (TPSA) is 63.2 Å². The highest BCUT2D eigenvalue weighted by atomic mass is 16.5. The monoisotopic (exact) mass is 267 g/mol. The van der Waals surface area contributed by atoms with Crippen molar-refractivity contribution in [3.05, 3.63) is 23.4 Å². The van der Waals surface area contributed by atoms with Crippen molar-refractivity contribution in [2.75, 3.05) is 20.2 Å². The normalized spacial score (nSPS) is 9.32. The molecule has 108 valence electrons. The molecule has 1 heterocycles. The molecular weight excluding hydrogens is 242 g/mol. The van der Waals surface area contributed by atoms with Crippen LogP contribution in [0.5, 0.6) is 5.88 Å². The van der Waals surface area contributed by atoms with E-state index in [0.29, 0.717) is 19.0 Å². The van der Waals surface area contributed by atoms with Crippen molar-refractivity contribution >= 4 is 5.91 Å². The number of rotatable bonds is 6. The predicted molar refractivity (Wildman–Crippen MR) is 77.3 cm³/mol. The van der Waals surface area contributed by atoms with Gasteiger partial charge in [0.2, 0.25) is 11.8 Å². The van der Waals surface area contributed by atoms with Crippen molar-refractivity contribution in [1.82, 2.24) is 15.6 Å². The SMILES string of the molecule is CC.COc1nc(C)ccc1CNCCNC(C)=O. The second-order valence-electron chi connectivity index (χ2n) is 3.78. The number of aryl methyl sites for hydroxylation is 1. The number of hydrogen-bond acceptors (Lipinski definition) is 4. The summed E-state index contributed by atoms with van der Waals surface area (Å²) < 4.78 is 5.20. The Labute approximate surface area is 115 Å². The summed E-state index contributed by atoms with van der Waals surface area (Å²) >= 11 is 0. The van der Waals surface area contributed by atoms with E-state index in [-0.39, 0.29) is 5.91 Å². The van der Waals surface area contributed by atoms with Crippen LogP contribution >= 0.6 is 0 Å². The molecule has 1 amide bonds. The lowest BCUT2D eigenvalue weighted by atomic mass is 10.2. The lowest BCUT2D eigenvalue weighted by Crippen LogP contribution is -2.30. The summed E-state index contributed by atoms with van der Waals surface area (Å²) in [5, 5.41) is 5.94. The maximum absolute atomic E-state index is 10.6. The van der Waals surface area contributed by atoms with Gasteiger partial charge in [-0.25, -0.2) is 4.98 Å². The molecule has 1 rings (SSSR count). The number of pyridine rings is 1. The number of carbonyl (C=O) groups excluding carboxylic acids is 1. The molecule has 0 saturated carbocycles. The van der Waals surface area contributed by atoms with Crippen LogP contribution in [0.15, 0.2) is 12.1 Å². The number of hydrogen-bond donors (Lipinski definition) is 2. The molecule has 0 saturated heterocycles. The molecule has 0 radical (unpaired) electrons. The summed E-state index contributed by atoms with van der Waals surface area (Å²) in [6.45, 7) is 9.45. The first-order valence-electron chi connectivity index (χ1n) is 6.59. The second kappa shape index (κ2) is 10.3. The van der Waals surface area contributed by atoms with Gasteiger partial charge >= 0.3 is 0 Å². The van der Waals surface area contributed by atoms with Gasteiger partial charge in [0.05, 0.1) is 7.11 Å². The van der Waals surface area contributed by atoms with E-state index in [1.807, 2.05) is 32.9 Å². The molecule has 5 nitrogen and oxygen atoms in total. The smallest absolute Gasteiger partial charge is 0.217 e. The van der Waals surface area contributed by atoms with Gasteiger partial charge in [0, 0.05) is 37.8 Å². The fraction of sp³-hybridized carbons (Fsp3) is 0.571. The zero-order valence-electron chi connectivity index (χ0n) is 12.5. The van der Waals surface area contributed by atoms with Crippen LogP contribution in [0.1, 0.15) is 32.0 Å². The quantitative estimate of drug-likeness (QED) is 0.769. The minimum Gasteiger partial charge on any atom is -0.481 e. The Morgan fingerprint density at radius 1 is 1.32 bits per heavy atom. The van der Waals surface area contributed by atoms with E-state index in [0.717, 1.165) is 17.8 Å². The number of amides is 1. The third kappa shape index (κ3) is 7.41. The van der Waals surface area contributed by atoms with Gasteiger partial charge in [-0.15, -0.1) is 0 Å². The third-order valence-corrected chi connectivity index (χ3v) is 2.26. The Morgan fingerprint density at radius 2 is 2.00 bits per heavy atom. The zero-order valence-corrected chi connectivity index (χ0v) is 12.5. The molecule has 5 heteroatoms. The fourth-order valence-electron chi connectivity index (χ4n) is 1.42. The van der Waals surface area contributed by atoms with E-state index in [1.165, 1.54) is 6.92 Å². The van der Waals surface area contributed by atoms with E-state index in [1.54, 1.807) is 7.11 Å². The van der Waals surface area contributed by atoms with Gasteiger partial charge in [-0.3, -0.25) is 4.79 Å². The Balaban J connectivity index is 0.00000154. The average Bonchev–Trinajstić information content (AvgIpc) is 2.41. The molecule has 2 N–H and O–H groups in total. The van der Waals surface area contributed by atoms with Crippen molar-refractivity contribution in [2.45, 2.75) is 34.2 Å². The minimum atomic E-state index is -0.0126. The Hall–Kier alpha value is -1.62. The summed E-state index contributed by atoms with van der Waals surface area (Å²) in [4.78, 5) is 14.9. The van der Waals surface area contributed by atoms with E-state index < -0.39 is 0 Å². The average molecular weight is 267 g/mol. The number of methoxy groups -OCH3 is 1. The summed E-state index contributed by atoms with van der Waals surface area (Å²) in [6.07, 6.45) is 0.